The van der Waals surface area contributed by atoms with Crippen molar-refractivity contribution >= 4 is 11.8 Å². The molecular formula is C21H26N2O5. The lowest BCUT2D eigenvalue weighted by atomic mass is 10.1. The van der Waals surface area contributed by atoms with Gasteiger partial charge in [-0.25, -0.2) is 0 Å². The standard InChI is InChI=1S/C21H26N2O5/c1-4-15-5-8-17(9-6-15)28-14-21(25)23-22-20(24)10-7-16-11-18(26-2)13-19(12-16)27-3/h5-6,8-9,11-13H,4,7,10,14H2,1-3H3,(H,22,24)(H,23,25). The van der Waals surface area contributed by atoms with Gasteiger partial charge in [0.1, 0.15) is 17.2 Å². The van der Waals surface area contributed by atoms with Crippen LogP contribution < -0.4 is 25.1 Å². The van der Waals surface area contributed by atoms with E-state index in [1.54, 1.807) is 20.3 Å². The van der Waals surface area contributed by atoms with Crippen LogP contribution in [0.25, 0.3) is 0 Å². The number of amides is 2. The first kappa shape index (κ1) is 21.1. The van der Waals surface area contributed by atoms with Gasteiger partial charge in [-0.2, -0.15) is 0 Å². The summed E-state index contributed by atoms with van der Waals surface area (Å²) in [5.74, 6) is 1.18. The van der Waals surface area contributed by atoms with Crippen molar-refractivity contribution in [3.8, 4) is 17.2 Å². The zero-order valence-corrected chi connectivity index (χ0v) is 16.4. The van der Waals surface area contributed by atoms with Crippen molar-refractivity contribution in [2.75, 3.05) is 20.8 Å². The fraction of sp³-hybridized carbons (Fsp3) is 0.333. The van der Waals surface area contributed by atoms with Gasteiger partial charge in [0.05, 0.1) is 14.2 Å². The number of rotatable bonds is 9. The molecule has 0 aliphatic rings. The number of methoxy groups -OCH3 is 2. The molecule has 7 heteroatoms. The molecule has 2 aromatic rings. The Balaban J connectivity index is 1.72. The second kappa shape index (κ2) is 10.8. The minimum atomic E-state index is -0.434. The summed E-state index contributed by atoms with van der Waals surface area (Å²) >= 11 is 0. The summed E-state index contributed by atoms with van der Waals surface area (Å²) in [6.07, 6.45) is 1.63. The monoisotopic (exact) mass is 386 g/mol. The number of hydrazine groups is 1. The molecule has 0 bridgehead atoms. The van der Waals surface area contributed by atoms with Crippen LogP contribution in [-0.2, 0) is 22.4 Å². The van der Waals surface area contributed by atoms with Gasteiger partial charge in [0.15, 0.2) is 6.61 Å². The van der Waals surface area contributed by atoms with Gasteiger partial charge in [-0.1, -0.05) is 19.1 Å². The maximum atomic E-state index is 11.9. The lowest BCUT2D eigenvalue weighted by molar-refractivity contribution is -0.130. The van der Waals surface area contributed by atoms with Gasteiger partial charge in [0.2, 0.25) is 5.91 Å². The van der Waals surface area contributed by atoms with E-state index in [4.69, 9.17) is 14.2 Å². The summed E-state index contributed by atoms with van der Waals surface area (Å²) in [6.45, 7) is 1.88. The van der Waals surface area contributed by atoms with Gasteiger partial charge in [-0.15, -0.1) is 0 Å². The van der Waals surface area contributed by atoms with Crippen LogP contribution in [0.3, 0.4) is 0 Å². The van der Waals surface area contributed by atoms with E-state index in [9.17, 15) is 9.59 Å². The minimum absolute atomic E-state index is 0.182. The highest BCUT2D eigenvalue weighted by molar-refractivity contribution is 5.82. The average Bonchev–Trinajstić information content (AvgIpc) is 2.74. The highest BCUT2D eigenvalue weighted by Gasteiger charge is 2.08. The summed E-state index contributed by atoms with van der Waals surface area (Å²) in [7, 11) is 3.14. The third-order valence-corrected chi connectivity index (χ3v) is 4.09. The Morgan fingerprint density at radius 1 is 0.821 bits per heavy atom. The first-order chi connectivity index (χ1) is 13.5. The number of benzene rings is 2. The Kier molecular flexibility index (Phi) is 8.14. The molecule has 2 N–H and O–H groups in total. The van der Waals surface area contributed by atoms with Gasteiger partial charge >= 0.3 is 0 Å². The zero-order valence-electron chi connectivity index (χ0n) is 16.4. The van der Waals surface area contributed by atoms with Crippen molar-refractivity contribution in [2.24, 2.45) is 0 Å². The van der Waals surface area contributed by atoms with Gasteiger partial charge < -0.3 is 14.2 Å². The molecule has 0 aliphatic heterocycles. The Hall–Kier alpha value is -3.22. The van der Waals surface area contributed by atoms with Crippen LogP contribution in [0.1, 0.15) is 24.5 Å². The first-order valence-corrected chi connectivity index (χ1v) is 9.05. The van der Waals surface area contributed by atoms with E-state index < -0.39 is 5.91 Å². The summed E-state index contributed by atoms with van der Waals surface area (Å²) in [5.41, 5.74) is 6.82. The molecule has 150 valence electrons. The Labute approximate surface area is 165 Å². The van der Waals surface area contributed by atoms with Crippen LogP contribution >= 0.6 is 0 Å². The van der Waals surface area contributed by atoms with Crippen LogP contribution in [0.2, 0.25) is 0 Å². The number of hydrogen-bond acceptors (Lipinski definition) is 5. The van der Waals surface area contributed by atoms with Crippen molar-refractivity contribution < 1.29 is 23.8 Å². The summed E-state index contributed by atoms with van der Waals surface area (Å²) in [4.78, 5) is 23.7. The number of nitrogens with one attached hydrogen (secondary N) is 2. The summed E-state index contributed by atoms with van der Waals surface area (Å²) in [6, 6.07) is 13.0. The molecule has 0 saturated heterocycles. The van der Waals surface area contributed by atoms with E-state index in [1.165, 1.54) is 5.56 Å². The lowest BCUT2D eigenvalue weighted by Crippen LogP contribution is -2.43. The van der Waals surface area contributed by atoms with Crippen molar-refractivity contribution in [2.45, 2.75) is 26.2 Å². The molecule has 0 aromatic heterocycles. The predicted molar refractivity (Wildman–Crippen MR) is 105 cm³/mol. The van der Waals surface area contributed by atoms with E-state index in [2.05, 4.69) is 17.8 Å². The molecule has 0 spiro atoms. The van der Waals surface area contributed by atoms with Gasteiger partial charge in [0, 0.05) is 12.5 Å². The first-order valence-electron chi connectivity index (χ1n) is 9.05. The number of hydrogen-bond donors (Lipinski definition) is 2. The fourth-order valence-corrected chi connectivity index (χ4v) is 2.48. The minimum Gasteiger partial charge on any atom is -0.497 e. The quantitative estimate of drug-likeness (QED) is 0.647. The van der Waals surface area contributed by atoms with Crippen LogP contribution in [-0.4, -0.2) is 32.6 Å². The summed E-state index contributed by atoms with van der Waals surface area (Å²) in [5, 5.41) is 0. The van der Waals surface area contributed by atoms with E-state index in [-0.39, 0.29) is 18.9 Å². The molecular weight excluding hydrogens is 360 g/mol. The number of aryl methyl sites for hydroxylation is 2. The molecule has 2 rings (SSSR count). The third kappa shape index (κ3) is 6.83. The molecule has 0 aliphatic carbocycles. The van der Waals surface area contributed by atoms with Crippen LogP contribution in [0.4, 0.5) is 0 Å². The van der Waals surface area contributed by atoms with Crippen LogP contribution in [0.5, 0.6) is 17.2 Å². The van der Waals surface area contributed by atoms with Crippen molar-refractivity contribution in [3.63, 3.8) is 0 Å². The highest BCUT2D eigenvalue weighted by Crippen LogP contribution is 2.23. The lowest BCUT2D eigenvalue weighted by Gasteiger charge is -2.10. The molecule has 7 nitrogen and oxygen atoms in total. The number of carbonyl (C=O) groups excluding carboxylic acids is 2. The Morgan fingerprint density at radius 2 is 1.43 bits per heavy atom. The number of carbonyl (C=O) groups is 2. The Morgan fingerprint density at radius 3 is 2.00 bits per heavy atom. The van der Waals surface area contributed by atoms with E-state index in [0.29, 0.717) is 23.7 Å². The SMILES string of the molecule is CCc1ccc(OCC(=O)NNC(=O)CCc2cc(OC)cc(OC)c2)cc1. The maximum absolute atomic E-state index is 11.9. The second-order valence-electron chi connectivity index (χ2n) is 6.10. The van der Waals surface area contributed by atoms with Gasteiger partial charge in [-0.05, 0) is 48.2 Å². The largest absolute Gasteiger partial charge is 0.497 e. The van der Waals surface area contributed by atoms with Crippen molar-refractivity contribution in [3.05, 3.63) is 53.6 Å². The summed E-state index contributed by atoms with van der Waals surface area (Å²) < 4.78 is 15.8. The molecule has 2 aromatic carbocycles. The Bertz CT molecular complexity index is 768. The van der Waals surface area contributed by atoms with Crippen molar-refractivity contribution in [1.29, 1.82) is 0 Å². The fourth-order valence-electron chi connectivity index (χ4n) is 2.48. The van der Waals surface area contributed by atoms with E-state index in [0.717, 1.165) is 12.0 Å². The average molecular weight is 386 g/mol. The predicted octanol–water partition coefficient (Wildman–Crippen LogP) is 2.43. The van der Waals surface area contributed by atoms with E-state index in [1.807, 2.05) is 36.4 Å². The van der Waals surface area contributed by atoms with Crippen LogP contribution in [0.15, 0.2) is 42.5 Å². The second-order valence-corrected chi connectivity index (χ2v) is 6.10. The molecule has 0 unspecified atom stereocenters. The third-order valence-electron chi connectivity index (χ3n) is 4.09. The smallest absolute Gasteiger partial charge is 0.276 e. The molecule has 2 amide bonds. The molecule has 0 saturated carbocycles. The van der Waals surface area contributed by atoms with Gasteiger partial charge in [-0.3, -0.25) is 20.4 Å². The molecule has 0 heterocycles. The molecule has 0 fully saturated rings. The molecule has 0 radical (unpaired) electrons. The van der Waals surface area contributed by atoms with Gasteiger partial charge in [0.25, 0.3) is 5.91 Å². The van der Waals surface area contributed by atoms with E-state index >= 15 is 0 Å². The zero-order chi connectivity index (χ0) is 20.4. The van der Waals surface area contributed by atoms with Crippen LogP contribution in [0, 0.1) is 0 Å². The molecule has 0 atom stereocenters. The number of ether oxygens (including phenoxy) is 3. The molecule has 28 heavy (non-hydrogen) atoms. The van der Waals surface area contributed by atoms with Crippen molar-refractivity contribution in [1.82, 2.24) is 10.9 Å². The highest BCUT2D eigenvalue weighted by atomic mass is 16.5. The maximum Gasteiger partial charge on any atom is 0.276 e. The normalized spacial score (nSPS) is 10.1. The topological polar surface area (TPSA) is 85.9 Å².